The van der Waals surface area contributed by atoms with Crippen molar-refractivity contribution in [3.05, 3.63) is 60.2 Å². The van der Waals surface area contributed by atoms with Crippen LogP contribution >= 0.6 is 0 Å². The van der Waals surface area contributed by atoms with Crippen molar-refractivity contribution < 1.29 is 9.53 Å². The third kappa shape index (κ3) is 3.53. The molecule has 25 heavy (non-hydrogen) atoms. The van der Waals surface area contributed by atoms with Gasteiger partial charge < -0.3 is 14.6 Å². The number of rotatable bonds is 4. The monoisotopic (exact) mass is 336 g/mol. The van der Waals surface area contributed by atoms with Crippen molar-refractivity contribution in [1.82, 2.24) is 19.9 Å². The molecule has 2 aromatic heterocycles. The Balaban J connectivity index is 1.37. The second-order valence-corrected chi connectivity index (χ2v) is 6.19. The van der Waals surface area contributed by atoms with Crippen LogP contribution < -0.4 is 0 Å². The molecular formula is C19H20N4O2. The van der Waals surface area contributed by atoms with E-state index in [1.165, 1.54) is 0 Å². The van der Waals surface area contributed by atoms with Crippen molar-refractivity contribution in [3.63, 3.8) is 0 Å². The fraction of sp³-hybridized carbons (Fsp3) is 0.316. The summed E-state index contributed by atoms with van der Waals surface area (Å²) in [5, 5.41) is 0. The highest BCUT2D eigenvalue weighted by Gasteiger charge is 2.25. The van der Waals surface area contributed by atoms with Gasteiger partial charge in [0.05, 0.1) is 24.2 Å². The van der Waals surface area contributed by atoms with E-state index in [9.17, 15) is 4.79 Å². The summed E-state index contributed by atoms with van der Waals surface area (Å²) in [7, 11) is 0. The molecule has 0 unspecified atom stereocenters. The van der Waals surface area contributed by atoms with Crippen LogP contribution in [0.3, 0.4) is 0 Å². The molecule has 1 amide bonds. The summed E-state index contributed by atoms with van der Waals surface area (Å²) in [5.74, 6) is 0.990. The predicted octanol–water partition coefficient (Wildman–Crippen LogP) is 2.49. The van der Waals surface area contributed by atoms with Gasteiger partial charge in [-0.15, -0.1) is 0 Å². The van der Waals surface area contributed by atoms with Crippen molar-refractivity contribution >= 4 is 16.9 Å². The van der Waals surface area contributed by atoms with Gasteiger partial charge >= 0.3 is 0 Å². The molecule has 3 heterocycles. The minimum Gasteiger partial charge on any atom is -0.370 e. The Hall–Kier alpha value is -2.73. The number of pyridine rings is 1. The number of carbonyl (C=O) groups excluding carboxylic acids is 1. The summed E-state index contributed by atoms with van der Waals surface area (Å²) >= 11 is 0. The Morgan fingerprint density at radius 2 is 2.20 bits per heavy atom. The van der Waals surface area contributed by atoms with Gasteiger partial charge in [0.2, 0.25) is 5.91 Å². The number of fused-ring (bicyclic) bond motifs is 1. The van der Waals surface area contributed by atoms with Crippen molar-refractivity contribution in [1.29, 1.82) is 0 Å². The second kappa shape index (κ2) is 7.03. The van der Waals surface area contributed by atoms with Gasteiger partial charge in [0.1, 0.15) is 11.9 Å². The minimum absolute atomic E-state index is 0.0994. The van der Waals surface area contributed by atoms with Crippen LogP contribution in [0.2, 0.25) is 0 Å². The van der Waals surface area contributed by atoms with Crippen molar-refractivity contribution in [2.24, 2.45) is 0 Å². The summed E-state index contributed by atoms with van der Waals surface area (Å²) < 4.78 is 5.79. The first kappa shape index (κ1) is 15.8. The molecule has 1 aliphatic rings. The lowest BCUT2D eigenvalue weighted by atomic mass is 10.1. The Morgan fingerprint density at radius 3 is 3.04 bits per heavy atom. The smallest absolute Gasteiger partial charge is 0.223 e. The minimum atomic E-state index is -0.0994. The lowest BCUT2D eigenvalue weighted by molar-refractivity contribution is -0.139. The van der Waals surface area contributed by atoms with E-state index in [1.54, 1.807) is 12.4 Å². The van der Waals surface area contributed by atoms with Crippen LogP contribution in [0.15, 0.2) is 48.8 Å². The maximum atomic E-state index is 12.6. The zero-order valence-corrected chi connectivity index (χ0v) is 13.9. The van der Waals surface area contributed by atoms with E-state index in [0.29, 0.717) is 32.5 Å². The molecule has 0 spiro atoms. The van der Waals surface area contributed by atoms with E-state index in [2.05, 4.69) is 15.0 Å². The van der Waals surface area contributed by atoms with Crippen molar-refractivity contribution in [2.45, 2.75) is 18.9 Å². The number of nitrogens with one attached hydrogen (secondary N) is 1. The number of benzene rings is 1. The molecule has 1 atom stereocenters. The standard InChI is InChI=1S/C19H20N4O2/c24-19(8-7-18-21-15-5-1-2-6-16(15)22-18)23-10-11-25-17(13-23)14-4-3-9-20-12-14/h1-6,9,12,17H,7-8,10-11,13H2,(H,21,22)/t17-/m1/s1. The number of hydrogen-bond donors (Lipinski definition) is 1. The molecule has 1 aliphatic heterocycles. The zero-order valence-electron chi connectivity index (χ0n) is 13.9. The van der Waals surface area contributed by atoms with E-state index >= 15 is 0 Å². The third-order valence-corrected chi connectivity index (χ3v) is 4.49. The lowest BCUT2D eigenvalue weighted by Crippen LogP contribution is -2.42. The Labute approximate surface area is 145 Å². The number of aromatic nitrogens is 3. The zero-order chi connectivity index (χ0) is 17.1. The van der Waals surface area contributed by atoms with E-state index in [4.69, 9.17) is 4.74 Å². The molecule has 1 fully saturated rings. The number of morpholine rings is 1. The summed E-state index contributed by atoms with van der Waals surface area (Å²) in [6, 6.07) is 11.8. The molecule has 1 saturated heterocycles. The summed E-state index contributed by atoms with van der Waals surface area (Å²) in [4.78, 5) is 26.4. The number of aryl methyl sites for hydroxylation is 1. The highest BCUT2D eigenvalue weighted by molar-refractivity contribution is 5.77. The van der Waals surface area contributed by atoms with Gasteiger partial charge in [-0.25, -0.2) is 4.98 Å². The van der Waals surface area contributed by atoms with E-state index in [0.717, 1.165) is 22.4 Å². The molecule has 0 bridgehead atoms. The maximum absolute atomic E-state index is 12.6. The van der Waals surface area contributed by atoms with Crippen LogP contribution in [-0.2, 0) is 16.0 Å². The van der Waals surface area contributed by atoms with Crippen LogP contribution in [0.4, 0.5) is 0 Å². The van der Waals surface area contributed by atoms with E-state index in [-0.39, 0.29) is 12.0 Å². The molecule has 1 aromatic carbocycles. The first-order valence-corrected chi connectivity index (χ1v) is 8.52. The fourth-order valence-corrected chi connectivity index (χ4v) is 3.15. The van der Waals surface area contributed by atoms with Gasteiger partial charge in [-0.05, 0) is 18.2 Å². The summed E-state index contributed by atoms with van der Waals surface area (Å²) in [6.07, 6.45) is 4.50. The molecule has 1 N–H and O–H groups in total. The van der Waals surface area contributed by atoms with Gasteiger partial charge in [-0.2, -0.15) is 0 Å². The van der Waals surface area contributed by atoms with Crippen LogP contribution in [0.5, 0.6) is 0 Å². The first-order valence-electron chi connectivity index (χ1n) is 8.52. The summed E-state index contributed by atoms with van der Waals surface area (Å²) in [5.41, 5.74) is 2.96. The van der Waals surface area contributed by atoms with Crippen molar-refractivity contribution in [3.8, 4) is 0 Å². The molecule has 3 aromatic rings. The van der Waals surface area contributed by atoms with Gasteiger partial charge in [-0.1, -0.05) is 18.2 Å². The highest BCUT2D eigenvalue weighted by Crippen LogP contribution is 2.22. The van der Waals surface area contributed by atoms with Crippen LogP contribution in [0.25, 0.3) is 11.0 Å². The number of imidazole rings is 1. The predicted molar refractivity (Wildman–Crippen MR) is 93.9 cm³/mol. The van der Waals surface area contributed by atoms with Crippen LogP contribution in [0, 0.1) is 0 Å². The number of ether oxygens (including phenoxy) is 1. The fourth-order valence-electron chi connectivity index (χ4n) is 3.15. The summed E-state index contributed by atoms with van der Waals surface area (Å²) in [6.45, 7) is 1.76. The number of H-pyrrole nitrogens is 1. The SMILES string of the molecule is O=C(CCc1nc2ccccc2[nH]1)N1CCO[C@@H](c2cccnc2)C1. The highest BCUT2D eigenvalue weighted by atomic mass is 16.5. The Morgan fingerprint density at radius 1 is 1.28 bits per heavy atom. The third-order valence-electron chi connectivity index (χ3n) is 4.49. The maximum Gasteiger partial charge on any atom is 0.223 e. The van der Waals surface area contributed by atoms with Crippen LogP contribution in [0.1, 0.15) is 23.9 Å². The molecular weight excluding hydrogens is 316 g/mol. The molecule has 6 heteroatoms. The molecule has 128 valence electrons. The van der Waals surface area contributed by atoms with Gasteiger partial charge in [0.25, 0.3) is 0 Å². The number of hydrogen-bond acceptors (Lipinski definition) is 4. The Bertz CT molecular complexity index is 829. The molecule has 0 radical (unpaired) electrons. The number of nitrogens with zero attached hydrogens (tertiary/aromatic N) is 3. The van der Waals surface area contributed by atoms with Gasteiger partial charge in [0, 0.05) is 37.3 Å². The van der Waals surface area contributed by atoms with Gasteiger partial charge in [0.15, 0.2) is 0 Å². The molecule has 4 rings (SSSR count). The van der Waals surface area contributed by atoms with Crippen LogP contribution in [-0.4, -0.2) is 45.5 Å². The lowest BCUT2D eigenvalue weighted by Gasteiger charge is -2.33. The number of aromatic amines is 1. The number of carbonyl (C=O) groups is 1. The van der Waals surface area contributed by atoms with E-state index in [1.807, 2.05) is 41.3 Å². The quantitative estimate of drug-likeness (QED) is 0.794. The largest absolute Gasteiger partial charge is 0.370 e. The molecule has 0 aliphatic carbocycles. The average Bonchev–Trinajstić information content (AvgIpc) is 3.10. The first-order chi connectivity index (χ1) is 12.3. The topological polar surface area (TPSA) is 71.1 Å². The number of amides is 1. The van der Waals surface area contributed by atoms with Gasteiger partial charge in [-0.3, -0.25) is 9.78 Å². The molecule has 6 nitrogen and oxygen atoms in total. The van der Waals surface area contributed by atoms with E-state index < -0.39 is 0 Å². The molecule has 0 saturated carbocycles. The average molecular weight is 336 g/mol. The second-order valence-electron chi connectivity index (χ2n) is 6.19. The normalized spacial score (nSPS) is 17.8. The number of para-hydroxylation sites is 2. The van der Waals surface area contributed by atoms with Crippen molar-refractivity contribution in [2.75, 3.05) is 19.7 Å². The Kier molecular flexibility index (Phi) is 4.43.